The van der Waals surface area contributed by atoms with E-state index in [1.165, 1.54) is 0 Å². The van der Waals surface area contributed by atoms with Gasteiger partial charge in [0.1, 0.15) is 11.7 Å². The Morgan fingerprint density at radius 3 is 2.48 bits per heavy atom. The summed E-state index contributed by atoms with van der Waals surface area (Å²) in [6.07, 6.45) is 6.48. The van der Waals surface area contributed by atoms with E-state index in [9.17, 15) is 9.59 Å². The number of hydrogen-bond donors (Lipinski definition) is 1. The Bertz CT molecular complexity index is 611. The van der Waals surface area contributed by atoms with Crippen molar-refractivity contribution in [3.63, 3.8) is 0 Å². The number of piperidine rings is 1. The van der Waals surface area contributed by atoms with E-state index in [1.54, 1.807) is 17.5 Å². The van der Waals surface area contributed by atoms with E-state index in [0.717, 1.165) is 51.1 Å². The quantitative estimate of drug-likeness (QED) is 0.727. The summed E-state index contributed by atoms with van der Waals surface area (Å²) in [6, 6.07) is 3.97. The highest BCUT2D eigenvalue weighted by Gasteiger charge is 2.37. The first kappa shape index (κ1) is 19.8. The van der Waals surface area contributed by atoms with Gasteiger partial charge in [-0.3, -0.25) is 9.78 Å². The molecule has 1 unspecified atom stereocenters. The standard InChI is InChI=1S/C20H30N4O3/c1-2-3-18(25)19(16-4-8-21-9-5-16)20(26)27-24-14-12-23(13-15-24)17-6-10-22-11-7-17/h6-7,10-11,16,19,21H,2-5,8-9,12-15H2,1H3. The highest BCUT2D eigenvalue weighted by Crippen LogP contribution is 2.26. The number of carbonyl (C=O) groups is 2. The van der Waals surface area contributed by atoms with Crippen LogP contribution in [0.25, 0.3) is 0 Å². The molecule has 2 aliphatic rings. The molecule has 7 heteroatoms. The number of ketones is 1. The van der Waals surface area contributed by atoms with Gasteiger partial charge in [0.25, 0.3) is 0 Å². The first-order valence-corrected chi connectivity index (χ1v) is 10.0. The van der Waals surface area contributed by atoms with E-state index in [4.69, 9.17) is 4.84 Å². The van der Waals surface area contributed by atoms with Gasteiger partial charge in [-0.2, -0.15) is 0 Å². The molecule has 0 amide bonds. The molecule has 0 aromatic carbocycles. The third-order valence-electron chi connectivity index (χ3n) is 5.44. The summed E-state index contributed by atoms with van der Waals surface area (Å²) in [5.41, 5.74) is 1.13. The van der Waals surface area contributed by atoms with E-state index in [-0.39, 0.29) is 17.7 Å². The average molecular weight is 374 g/mol. The van der Waals surface area contributed by atoms with Crippen LogP contribution in [0.4, 0.5) is 5.69 Å². The number of hydrogen-bond acceptors (Lipinski definition) is 7. The number of rotatable bonds is 7. The van der Waals surface area contributed by atoms with Crippen molar-refractivity contribution in [2.45, 2.75) is 32.6 Å². The summed E-state index contributed by atoms with van der Waals surface area (Å²) in [6.45, 7) is 6.51. The molecule has 1 aromatic heterocycles. The van der Waals surface area contributed by atoms with Gasteiger partial charge in [-0.1, -0.05) is 6.92 Å². The molecule has 27 heavy (non-hydrogen) atoms. The molecule has 7 nitrogen and oxygen atoms in total. The monoisotopic (exact) mass is 374 g/mol. The predicted molar refractivity (Wildman–Crippen MR) is 103 cm³/mol. The first-order valence-electron chi connectivity index (χ1n) is 10.0. The van der Waals surface area contributed by atoms with Crippen LogP contribution in [0, 0.1) is 11.8 Å². The summed E-state index contributed by atoms with van der Waals surface area (Å²) in [5.74, 6) is -0.858. The van der Waals surface area contributed by atoms with E-state index < -0.39 is 5.92 Å². The Hall–Kier alpha value is -1.99. The molecular formula is C20H30N4O3. The van der Waals surface area contributed by atoms with E-state index in [1.807, 2.05) is 19.1 Å². The second-order valence-electron chi connectivity index (χ2n) is 7.31. The molecule has 1 aromatic rings. The van der Waals surface area contributed by atoms with Crippen molar-refractivity contribution in [1.29, 1.82) is 0 Å². The Balaban J connectivity index is 1.56. The number of piperazine rings is 1. The van der Waals surface area contributed by atoms with Crippen LogP contribution in [0.1, 0.15) is 32.6 Å². The fourth-order valence-corrected chi connectivity index (χ4v) is 3.94. The number of Topliss-reactive ketones (excluding diaryl/α,β-unsaturated/α-hetero) is 1. The van der Waals surface area contributed by atoms with Crippen molar-refractivity contribution in [3.8, 4) is 0 Å². The summed E-state index contributed by atoms with van der Waals surface area (Å²) in [5, 5.41) is 5.01. The van der Waals surface area contributed by atoms with Gasteiger partial charge < -0.3 is 15.1 Å². The molecule has 2 fully saturated rings. The highest BCUT2D eigenvalue weighted by molar-refractivity contribution is 5.99. The number of aromatic nitrogens is 1. The van der Waals surface area contributed by atoms with Gasteiger partial charge in [0.05, 0.1) is 13.1 Å². The normalized spacial score (nSPS) is 20.3. The number of anilines is 1. The minimum atomic E-state index is -0.620. The zero-order valence-corrected chi connectivity index (χ0v) is 16.1. The molecule has 3 heterocycles. The highest BCUT2D eigenvalue weighted by atomic mass is 16.7. The first-order chi connectivity index (χ1) is 13.2. The average Bonchev–Trinajstić information content (AvgIpc) is 2.70. The fourth-order valence-electron chi connectivity index (χ4n) is 3.94. The minimum Gasteiger partial charge on any atom is -0.369 e. The minimum absolute atomic E-state index is 0.0322. The molecule has 3 rings (SSSR count). The fraction of sp³-hybridized carbons (Fsp3) is 0.650. The third kappa shape index (κ3) is 5.26. The second-order valence-corrected chi connectivity index (χ2v) is 7.31. The number of carbonyl (C=O) groups excluding carboxylic acids is 2. The molecular weight excluding hydrogens is 344 g/mol. The van der Waals surface area contributed by atoms with E-state index >= 15 is 0 Å². The van der Waals surface area contributed by atoms with Crippen LogP contribution in [0.3, 0.4) is 0 Å². The second kappa shape index (κ2) is 9.80. The number of hydroxylamine groups is 2. The summed E-state index contributed by atoms with van der Waals surface area (Å²) in [7, 11) is 0. The topological polar surface area (TPSA) is 74.8 Å². The van der Waals surface area contributed by atoms with Crippen LogP contribution < -0.4 is 10.2 Å². The Morgan fingerprint density at radius 1 is 1.19 bits per heavy atom. The van der Waals surface area contributed by atoms with Gasteiger partial charge in [-0.05, 0) is 50.4 Å². The van der Waals surface area contributed by atoms with Crippen LogP contribution in [-0.4, -0.2) is 61.1 Å². The molecule has 0 radical (unpaired) electrons. The van der Waals surface area contributed by atoms with Crippen LogP contribution >= 0.6 is 0 Å². The van der Waals surface area contributed by atoms with Gasteiger partial charge in [0.2, 0.25) is 0 Å². The van der Waals surface area contributed by atoms with E-state index in [0.29, 0.717) is 19.5 Å². The van der Waals surface area contributed by atoms with Crippen molar-refractivity contribution in [3.05, 3.63) is 24.5 Å². The van der Waals surface area contributed by atoms with Crippen molar-refractivity contribution < 1.29 is 14.4 Å². The van der Waals surface area contributed by atoms with Crippen molar-refractivity contribution in [1.82, 2.24) is 15.4 Å². The predicted octanol–water partition coefficient (Wildman–Crippen LogP) is 1.65. The molecule has 0 bridgehead atoms. The van der Waals surface area contributed by atoms with Crippen LogP contribution in [0.5, 0.6) is 0 Å². The lowest BCUT2D eigenvalue weighted by atomic mass is 9.81. The molecule has 148 valence electrons. The Morgan fingerprint density at radius 2 is 1.85 bits per heavy atom. The maximum absolute atomic E-state index is 12.9. The lowest BCUT2D eigenvalue weighted by Gasteiger charge is -2.36. The summed E-state index contributed by atoms with van der Waals surface area (Å²) < 4.78 is 0. The Kier molecular flexibility index (Phi) is 7.18. The Labute approximate surface area is 161 Å². The van der Waals surface area contributed by atoms with E-state index in [2.05, 4.69) is 15.2 Å². The van der Waals surface area contributed by atoms with Gasteiger partial charge in [0, 0.05) is 37.6 Å². The van der Waals surface area contributed by atoms with Gasteiger partial charge >= 0.3 is 5.97 Å². The van der Waals surface area contributed by atoms with Crippen molar-refractivity contribution in [2.75, 3.05) is 44.2 Å². The number of pyridine rings is 1. The number of nitrogens with one attached hydrogen (secondary N) is 1. The maximum atomic E-state index is 12.9. The number of nitrogens with zero attached hydrogens (tertiary/aromatic N) is 3. The smallest absolute Gasteiger partial charge is 0.335 e. The third-order valence-corrected chi connectivity index (χ3v) is 5.44. The van der Waals surface area contributed by atoms with Crippen molar-refractivity contribution in [2.24, 2.45) is 11.8 Å². The van der Waals surface area contributed by atoms with Crippen LogP contribution in [0.15, 0.2) is 24.5 Å². The molecule has 2 aliphatic heterocycles. The molecule has 0 spiro atoms. The maximum Gasteiger partial charge on any atom is 0.335 e. The van der Waals surface area contributed by atoms with Crippen LogP contribution in [0.2, 0.25) is 0 Å². The molecule has 2 saturated heterocycles. The molecule has 1 N–H and O–H groups in total. The zero-order chi connectivity index (χ0) is 19.1. The summed E-state index contributed by atoms with van der Waals surface area (Å²) >= 11 is 0. The van der Waals surface area contributed by atoms with Crippen molar-refractivity contribution >= 4 is 17.4 Å². The lowest BCUT2D eigenvalue weighted by molar-refractivity contribution is -0.199. The summed E-state index contributed by atoms with van der Waals surface area (Å²) in [4.78, 5) is 37.4. The molecule has 0 saturated carbocycles. The van der Waals surface area contributed by atoms with Crippen LogP contribution in [-0.2, 0) is 14.4 Å². The molecule has 0 aliphatic carbocycles. The molecule has 1 atom stereocenters. The lowest BCUT2D eigenvalue weighted by Crippen LogP contribution is -2.49. The van der Waals surface area contributed by atoms with Gasteiger partial charge in [0.15, 0.2) is 0 Å². The SMILES string of the molecule is CCCC(=O)C(C(=O)ON1CCN(c2ccncc2)CC1)C1CCNCC1. The van der Waals surface area contributed by atoms with Gasteiger partial charge in [-0.15, -0.1) is 5.06 Å². The largest absolute Gasteiger partial charge is 0.369 e. The van der Waals surface area contributed by atoms with Gasteiger partial charge in [-0.25, -0.2) is 4.79 Å². The zero-order valence-electron chi connectivity index (χ0n) is 16.1.